The fraction of sp³-hybridized carbons (Fsp3) is 1.00. The molecule has 0 aromatic rings. The smallest absolute Gasteiger partial charge is 0.337 e. The summed E-state index contributed by atoms with van der Waals surface area (Å²) in [5.41, 5.74) is 0. The zero-order valence-corrected chi connectivity index (χ0v) is 21.2. The summed E-state index contributed by atoms with van der Waals surface area (Å²) in [5, 5.41) is 0. The van der Waals surface area contributed by atoms with Crippen molar-refractivity contribution in [2.24, 2.45) is 0 Å². The quantitative estimate of drug-likeness (QED) is 0.122. The van der Waals surface area contributed by atoms with Gasteiger partial charge in [0.05, 0.1) is 0 Å². The van der Waals surface area contributed by atoms with Crippen molar-refractivity contribution in [3.63, 3.8) is 0 Å². The minimum absolute atomic E-state index is 1.19. The average Bonchev–Trinajstić information content (AvgIpc) is 2.72. The normalized spacial score (nSPS) is 12.0. The van der Waals surface area contributed by atoms with Gasteiger partial charge in [-0.05, 0) is 12.1 Å². The van der Waals surface area contributed by atoms with E-state index in [1.54, 1.807) is 0 Å². The van der Waals surface area contributed by atoms with E-state index in [1.165, 1.54) is 134 Å². The largest absolute Gasteiger partial charge is 0.398 e. The molecule has 0 saturated carbocycles. The van der Waals surface area contributed by atoms with Crippen LogP contribution in [0.3, 0.4) is 0 Å². The van der Waals surface area contributed by atoms with Crippen molar-refractivity contribution in [3.05, 3.63) is 0 Å². The second-order valence-electron chi connectivity index (χ2n) is 8.83. The molecule has 28 heavy (non-hydrogen) atoms. The minimum atomic E-state index is -1.92. The van der Waals surface area contributed by atoms with Gasteiger partial charge in [-0.25, -0.2) is 0 Å². The first-order chi connectivity index (χ1) is 13.7. The van der Waals surface area contributed by atoms with Crippen LogP contribution in [-0.4, -0.2) is 22.8 Å². The molecule has 0 radical (unpaired) electrons. The number of rotatable bonds is 23. The molecule has 0 unspecified atom stereocenters. The molecule has 0 aliphatic carbocycles. The predicted molar refractivity (Wildman–Crippen MR) is 128 cm³/mol. The highest BCUT2D eigenvalue weighted by Gasteiger charge is 2.33. The molecule has 0 fully saturated rings. The lowest BCUT2D eigenvalue weighted by Gasteiger charge is -2.27. The Bertz CT molecular complexity index is 292. The lowest BCUT2D eigenvalue weighted by atomic mass is 10.1. The maximum Gasteiger partial charge on any atom is 0.337 e. The van der Waals surface area contributed by atoms with E-state index in [0.29, 0.717) is 0 Å². The van der Waals surface area contributed by atoms with Gasteiger partial charge in [-0.1, -0.05) is 136 Å². The van der Waals surface area contributed by atoms with Crippen LogP contribution in [0, 0.1) is 0 Å². The zero-order valence-electron chi connectivity index (χ0n) is 20.2. The summed E-state index contributed by atoms with van der Waals surface area (Å²) >= 11 is 0. The van der Waals surface area contributed by atoms with Gasteiger partial charge >= 0.3 is 8.56 Å². The second-order valence-corrected chi connectivity index (χ2v) is 12.5. The fourth-order valence-electron chi connectivity index (χ4n) is 4.20. The van der Waals surface area contributed by atoms with E-state index in [-0.39, 0.29) is 0 Å². The van der Waals surface area contributed by atoms with Crippen molar-refractivity contribution in [1.82, 2.24) is 0 Å². The third-order valence-electron chi connectivity index (χ3n) is 6.32. The molecule has 0 aromatic carbocycles. The van der Waals surface area contributed by atoms with Crippen LogP contribution in [-0.2, 0) is 8.85 Å². The van der Waals surface area contributed by atoms with E-state index in [4.69, 9.17) is 8.85 Å². The number of hydrogen-bond donors (Lipinski definition) is 0. The van der Waals surface area contributed by atoms with Gasteiger partial charge < -0.3 is 8.85 Å². The van der Waals surface area contributed by atoms with Gasteiger partial charge in [-0.3, -0.25) is 0 Å². The number of unbranched alkanes of at least 4 members (excludes halogenated alkanes) is 17. The Kier molecular flexibility index (Phi) is 21.9. The fourth-order valence-corrected chi connectivity index (χ4v) is 7.01. The van der Waals surface area contributed by atoms with E-state index in [2.05, 4.69) is 13.8 Å². The average molecular weight is 415 g/mol. The Labute approximate surface area is 179 Å². The standard InChI is InChI=1S/C25H54O2Si/c1-5-7-9-11-13-15-17-19-21-23-25-28(26-3,27-4)24-22-20-18-16-14-12-10-8-6-2/h5-25H2,1-4H3. The highest BCUT2D eigenvalue weighted by molar-refractivity contribution is 6.67. The Balaban J connectivity index is 3.65. The van der Waals surface area contributed by atoms with Gasteiger partial charge in [0, 0.05) is 14.2 Å². The summed E-state index contributed by atoms with van der Waals surface area (Å²) in [6, 6.07) is 2.38. The third-order valence-corrected chi connectivity index (χ3v) is 10.0. The van der Waals surface area contributed by atoms with Crippen molar-refractivity contribution in [2.75, 3.05) is 14.2 Å². The maximum atomic E-state index is 5.96. The Morgan fingerprint density at radius 1 is 0.393 bits per heavy atom. The first kappa shape index (κ1) is 28.1. The Hall–Kier alpha value is 0.137. The molecule has 0 aliphatic rings. The molecule has 0 aromatic heterocycles. The van der Waals surface area contributed by atoms with Crippen molar-refractivity contribution in [1.29, 1.82) is 0 Å². The topological polar surface area (TPSA) is 18.5 Å². The maximum absolute atomic E-state index is 5.96. The van der Waals surface area contributed by atoms with Crippen LogP contribution in [0.15, 0.2) is 0 Å². The van der Waals surface area contributed by atoms with Gasteiger partial charge in [-0.15, -0.1) is 0 Å². The minimum Gasteiger partial charge on any atom is -0.398 e. The molecule has 0 saturated heterocycles. The monoisotopic (exact) mass is 414 g/mol. The van der Waals surface area contributed by atoms with Crippen molar-refractivity contribution in [3.8, 4) is 0 Å². The van der Waals surface area contributed by atoms with Gasteiger partial charge in [0.15, 0.2) is 0 Å². The van der Waals surface area contributed by atoms with Crippen LogP contribution in [0.1, 0.15) is 136 Å². The van der Waals surface area contributed by atoms with Gasteiger partial charge in [0.1, 0.15) is 0 Å². The summed E-state index contributed by atoms with van der Waals surface area (Å²) in [4.78, 5) is 0. The zero-order chi connectivity index (χ0) is 20.8. The van der Waals surface area contributed by atoms with Gasteiger partial charge in [0.25, 0.3) is 0 Å². The molecule has 3 heteroatoms. The molecule has 0 bridgehead atoms. The van der Waals surface area contributed by atoms with Crippen molar-refractivity contribution in [2.45, 2.75) is 148 Å². The van der Waals surface area contributed by atoms with E-state index in [0.717, 1.165) is 0 Å². The van der Waals surface area contributed by atoms with Crippen LogP contribution in [0.2, 0.25) is 12.1 Å². The summed E-state index contributed by atoms with van der Waals surface area (Å²) < 4.78 is 11.9. The second kappa shape index (κ2) is 21.8. The highest BCUT2D eigenvalue weighted by Crippen LogP contribution is 2.25. The van der Waals surface area contributed by atoms with Crippen molar-refractivity contribution >= 4 is 8.56 Å². The summed E-state index contributed by atoms with van der Waals surface area (Å²) in [7, 11) is 1.86. The SMILES string of the molecule is CCCCCCCCCCCC[Si](CCCCCCCCCCC)(OC)OC. The van der Waals surface area contributed by atoms with E-state index < -0.39 is 8.56 Å². The lowest BCUT2D eigenvalue weighted by molar-refractivity contribution is 0.238. The van der Waals surface area contributed by atoms with Gasteiger partial charge in [-0.2, -0.15) is 0 Å². The summed E-state index contributed by atoms with van der Waals surface area (Å²) in [6.45, 7) is 4.58. The first-order valence-electron chi connectivity index (χ1n) is 12.8. The molecular formula is C25H54O2Si. The van der Waals surface area contributed by atoms with Gasteiger partial charge in [0.2, 0.25) is 0 Å². The van der Waals surface area contributed by atoms with Crippen LogP contribution < -0.4 is 0 Å². The molecule has 0 N–H and O–H groups in total. The predicted octanol–water partition coefficient (Wildman–Crippen LogP) is 9.17. The highest BCUT2D eigenvalue weighted by atomic mass is 28.4. The van der Waals surface area contributed by atoms with Crippen LogP contribution in [0.5, 0.6) is 0 Å². The van der Waals surface area contributed by atoms with Crippen LogP contribution >= 0.6 is 0 Å². The molecule has 0 amide bonds. The molecule has 0 aliphatic heterocycles. The summed E-state index contributed by atoms with van der Waals surface area (Å²) in [5.74, 6) is 0. The molecular weight excluding hydrogens is 360 g/mol. The van der Waals surface area contributed by atoms with Crippen molar-refractivity contribution < 1.29 is 8.85 Å². The third kappa shape index (κ3) is 17.0. The van der Waals surface area contributed by atoms with Crippen LogP contribution in [0.25, 0.3) is 0 Å². The molecule has 170 valence electrons. The van der Waals surface area contributed by atoms with E-state index in [1.807, 2.05) is 14.2 Å². The molecule has 0 spiro atoms. The Morgan fingerprint density at radius 2 is 0.643 bits per heavy atom. The van der Waals surface area contributed by atoms with E-state index >= 15 is 0 Å². The molecule has 0 heterocycles. The Morgan fingerprint density at radius 3 is 0.893 bits per heavy atom. The van der Waals surface area contributed by atoms with Crippen LogP contribution in [0.4, 0.5) is 0 Å². The number of hydrogen-bond acceptors (Lipinski definition) is 2. The molecule has 0 rings (SSSR count). The molecule has 2 nitrogen and oxygen atoms in total. The molecule has 0 atom stereocenters. The van der Waals surface area contributed by atoms with E-state index in [9.17, 15) is 0 Å². The lowest BCUT2D eigenvalue weighted by Crippen LogP contribution is -2.39. The first-order valence-corrected chi connectivity index (χ1v) is 15.1. The summed E-state index contributed by atoms with van der Waals surface area (Å²) in [6.07, 6.45) is 26.5.